The minimum atomic E-state index is -0.0928. The van der Waals surface area contributed by atoms with Gasteiger partial charge in [0, 0.05) is 18.6 Å². The van der Waals surface area contributed by atoms with Gasteiger partial charge in [-0.05, 0) is 33.7 Å². The molecule has 0 aromatic heterocycles. The van der Waals surface area contributed by atoms with Gasteiger partial charge < -0.3 is 10.6 Å². The molecule has 1 rings (SSSR count). The molecule has 1 heterocycles. The van der Waals surface area contributed by atoms with Gasteiger partial charge in [-0.3, -0.25) is 9.69 Å². The Bertz CT molecular complexity index is 300. The molecule has 0 saturated carbocycles. The fourth-order valence-corrected chi connectivity index (χ4v) is 2.11. The molecule has 0 aromatic rings. The highest BCUT2D eigenvalue weighted by Gasteiger charge is 2.31. The molecule has 1 saturated heterocycles. The van der Waals surface area contributed by atoms with Crippen molar-refractivity contribution in [3.05, 3.63) is 0 Å². The topological polar surface area (TPSA) is 44.4 Å². The van der Waals surface area contributed by atoms with Crippen molar-refractivity contribution in [1.29, 1.82) is 0 Å². The van der Waals surface area contributed by atoms with Gasteiger partial charge in [-0.2, -0.15) is 0 Å². The Morgan fingerprint density at radius 2 is 2.12 bits per heavy atom. The van der Waals surface area contributed by atoms with E-state index in [-0.39, 0.29) is 17.5 Å². The average Bonchev–Trinajstić information content (AvgIpc) is 2.36. The van der Waals surface area contributed by atoms with Crippen molar-refractivity contribution in [3.63, 3.8) is 0 Å². The van der Waals surface area contributed by atoms with Crippen LogP contribution in [0.3, 0.4) is 0 Å². The van der Waals surface area contributed by atoms with Crippen molar-refractivity contribution in [2.45, 2.75) is 38.3 Å². The van der Waals surface area contributed by atoms with Crippen LogP contribution in [0.25, 0.3) is 0 Å². The summed E-state index contributed by atoms with van der Waals surface area (Å²) >= 11 is 0. The lowest BCUT2D eigenvalue weighted by molar-refractivity contribution is -0.126. The van der Waals surface area contributed by atoms with E-state index in [1.165, 1.54) is 0 Å². The molecule has 1 atom stereocenters. The van der Waals surface area contributed by atoms with Crippen molar-refractivity contribution in [1.82, 2.24) is 15.5 Å². The molecule has 0 aliphatic carbocycles. The van der Waals surface area contributed by atoms with Gasteiger partial charge in [0.25, 0.3) is 0 Å². The zero-order chi connectivity index (χ0) is 12.9. The van der Waals surface area contributed by atoms with Gasteiger partial charge in [-0.25, -0.2) is 0 Å². The minimum Gasteiger partial charge on any atom is -0.344 e. The lowest BCUT2D eigenvalue weighted by Crippen LogP contribution is -2.54. The highest BCUT2D eigenvalue weighted by molar-refractivity contribution is 5.81. The molecule has 0 aromatic carbocycles. The molecule has 0 spiro atoms. The lowest BCUT2D eigenvalue weighted by atomic mass is 9.89. The van der Waals surface area contributed by atoms with Gasteiger partial charge in [0.2, 0.25) is 5.91 Å². The molecule has 17 heavy (non-hydrogen) atoms. The molecule has 1 aliphatic rings. The standard InChI is InChI=1S/C13H23N3O/c1-5-8-15-12(17)11(2)16-9-6-13(3,14-4)7-10-16/h1,11,14H,6-10H2,2-4H3,(H,15,17). The third kappa shape index (κ3) is 3.72. The summed E-state index contributed by atoms with van der Waals surface area (Å²) < 4.78 is 0. The van der Waals surface area contributed by atoms with Gasteiger partial charge in [0.1, 0.15) is 0 Å². The van der Waals surface area contributed by atoms with Crippen molar-refractivity contribution >= 4 is 5.91 Å². The fourth-order valence-electron chi connectivity index (χ4n) is 2.11. The number of nitrogens with one attached hydrogen (secondary N) is 2. The summed E-state index contributed by atoms with van der Waals surface area (Å²) in [5.74, 6) is 2.44. The zero-order valence-electron chi connectivity index (χ0n) is 11.0. The summed E-state index contributed by atoms with van der Waals surface area (Å²) in [5, 5.41) is 6.08. The molecule has 1 fully saturated rings. The SMILES string of the molecule is C#CCNC(=O)C(C)N1CCC(C)(NC)CC1. The Balaban J connectivity index is 2.43. The summed E-state index contributed by atoms with van der Waals surface area (Å²) in [7, 11) is 2.00. The number of carbonyl (C=O) groups excluding carboxylic acids is 1. The van der Waals surface area contributed by atoms with E-state index in [4.69, 9.17) is 6.42 Å². The van der Waals surface area contributed by atoms with Crippen molar-refractivity contribution < 1.29 is 4.79 Å². The average molecular weight is 237 g/mol. The van der Waals surface area contributed by atoms with E-state index in [0.717, 1.165) is 25.9 Å². The van der Waals surface area contributed by atoms with E-state index >= 15 is 0 Å². The first-order valence-corrected chi connectivity index (χ1v) is 6.16. The first-order chi connectivity index (χ1) is 8.02. The molecule has 1 unspecified atom stereocenters. The molecule has 4 nitrogen and oxygen atoms in total. The Hall–Kier alpha value is -1.05. The number of terminal acetylenes is 1. The summed E-state index contributed by atoms with van der Waals surface area (Å²) in [4.78, 5) is 14.0. The smallest absolute Gasteiger partial charge is 0.237 e. The van der Waals surface area contributed by atoms with E-state index in [1.807, 2.05) is 14.0 Å². The van der Waals surface area contributed by atoms with E-state index in [1.54, 1.807) is 0 Å². The van der Waals surface area contributed by atoms with E-state index in [2.05, 4.69) is 28.4 Å². The van der Waals surface area contributed by atoms with Crippen LogP contribution in [-0.4, -0.2) is 49.1 Å². The van der Waals surface area contributed by atoms with Crippen LogP contribution in [0.2, 0.25) is 0 Å². The summed E-state index contributed by atoms with van der Waals surface area (Å²) in [6.45, 7) is 6.37. The molecular weight excluding hydrogens is 214 g/mol. The van der Waals surface area contributed by atoms with E-state index in [9.17, 15) is 4.79 Å². The largest absolute Gasteiger partial charge is 0.344 e. The highest BCUT2D eigenvalue weighted by Crippen LogP contribution is 2.22. The Labute approximate surface area is 104 Å². The van der Waals surface area contributed by atoms with Gasteiger partial charge >= 0.3 is 0 Å². The van der Waals surface area contributed by atoms with Gasteiger partial charge in [-0.1, -0.05) is 5.92 Å². The third-order valence-electron chi connectivity index (χ3n) is 3.80. The third-order valence-corrected chi connectivity index (χ3v) is 3.80. The molecule has 0 radical (unpaired) electrons. The van der Waals surface area contributed by atoms with Crippen LogP contribution in [0.5, 0.6) is 0 Å². The van der Waals surface area contributed by atoms with Crippen LogP contribution in [0.4, 0.5) is 0 Å². The molecule has 2 N–H and O–H groups in total. The van der Waals surface area contributed by atoms with Crippen LogP contribution < -0.4 is 10.6 Å². The number of hydrogen-bond acceptors (Lipinski definition) is 3. The van der Waals surface area contributed by atoms with Gasteiger partial charge in [0.15, 0.2) is 0 Å². The van der Waals surface area contributed by atoms with Crippen molar-refractivity contribution in [3.8, 4) is 12.3 Å². The van der Waals surface area contributed by atoms with Crippen LogP contribution in [0, 0.1) is 12.3 Å². The van der Waals surface area contributed by atoms with E-state index in [0.29, 0.717) is 6.54 Å². The Morgan fingerprint density at radius 1 is 1.53 bits per heavy atom. The van der Waals surface area contributed by atoms with E-state index < -0.39 is 0 Å². The molecule has 1 aliphatic heterocycles. The molecule has 96 valence electrons. The molecule has 1 amide bonds. The molecule has 0 bridgehead atoms. The van der Waals surface area contributed by atoms with Crippen molar-refractivity contribution in [2.24, 2.45) is 0 Å². The van der Waals surface area contributed by atoms with Crippen molar-refractivity contribution in [2.75, 3.05) is 26.7 Å². The number of amides is 1. The van der Waals surface area contributed by atoms with Crippen LogP contribution in [0.1, 0.15) is 26.7 Å². The maximum atomic E-state index is 11.8. The maximum Gasteiger partial charge on any atom is 0.237 e. The second-order valence-electron chi connectivity index (χ2n) is 4.94. The first-order valence-electron chi connectivity index (χ1n) is 6.16. The summed E-state index contributed by atoms with van der Waals surface area (Å²) in [6.07, 6.45) is 7.25. The molecular formula is C13H23N3O. The predicted molar refractivity (Wildman–Crippen MR) is 69.6 cm³/mol. The maximum absolute atomic E-state index is 11.8. The summed E-state index contributed by atoms with van der Waals surface area (Å²) in [5.41, 5.74) is 0.214. The number of likely N-dealkylation sites (tertiary alicyclic amines) is 1. The summed E-state index contributed by atoms with van der Waals surface area (Å²) in [6, 6.07) is -0.0928. The van der Waals surface area contributed by atoms with Crippen LogP contribution in [-0.2, 0) is 4.79 Å². The monoisotopic (exact) mass is 237 g/mol. The first kappa shape index (κ1) is 14.0. The van der Waals surface area contributed by atoms with Gasteiger partial charge in [-0.15, -0.1) is 6.42 Å². The number of piperidine rings is 1. The number of rotatable bonds is 4. The Morgan fingerprint density at radius 3 is 2.59 bits per heavy atom. The van der Waals surface area contributed by atoms with Crippen LogP contribution in [0.15, 0.2) is 0 Å². The fraction of sp³-hybridized carbons (Fsp3) is 0.769. The second-order valence-corrected chi connectivity index (χ2v) is 4.94. The second kappa shape index (κ2) is 6.04. The van der Waals surface area contributed by atoms with Gasteiger partial charge in [0.05, 0.1) is 12.6 Å². The predicted octanol–water partition coefficient (Wildman–Crippen LogP) is 0.198. The number of hydrogen-bond donors (Lipinski definition) is 2. The number of nitrogens with zero attached hydrogens (tertiary/aromatic N) is 1. The number of carbonyl (C=O) groups is 1. The lowest BCUT2D eigenvalue weighted by Gasteiger charge is -2.41. The van der Waals surface area contributed by atoms with Crippen LogP contribution >= 0.6 is 0 Å². The Kier molecular flexibility index (Phi) is 4.98. The highest BCUT2D eigenvalue weighted by atomic mass is 16.2. The molecule has 4 heteroatoms. The minimum absolute atomic E-state index is 0.0241. The zero-order valence-corrected chi connectivity index (χ0v) is 11.0. The normalized spacial score (nSPS) is 21.5. The quantitative estimate of drug-likeness (QED) is 0.687.